The largest absolute Gasteiger partial charge is 0.359 e. The van der Waals surface area contributed by atoms with Crippen LogP contribution in [0.2, 0.25) is 0 Å². The van der Waals surface area contributed by atoms with Gasteiger partial charge in [-0.3, -0.25) is 0 Å². The van der Waals surface area contributed by atoms with Gasteiger partial charge in [0, 0.05) is 22.0 Å². The Morgan fingerprint density at radius 3 is 2.00 bits per heavy atom. The average Bonchev–Trinajstić information content (AvgIpc) is 1.37. The predicted octanol–water partition coefficient (Wildman–Crippen LogP) is 0.258. The summed E-state index contributed by atoms with van der Waals surface area (Å²) in [6.07, 6.45) is 0. The smallest absolute Gasteiger partial charge is 0.0142 e. The van der Waals surface area contributed by atoms with Gasteiger partial charge in [0.1, 0.15) is 0 Å². The van der Waals surface area contributed by atoms with Gasteiger partial charge in [0.2, 0.25) is 0 Å². The molecular weight excluding hydrogens is 118 g/mol. The van der Waals surface area contributed by atoms with Crippen LogP contribution in [0, 0.1) is 10.9 Å². The molecule has 0 rings (SSSR count). The minimum atomic E-state index is 2.10. The molecule has 0 unspecified atom stereocenters. The molecule has 4 heavy (non-hydrogen) atoms. The normalized spacial score (nSPS) is 3.25. The summed E-state index contributed by atoms with van der Waals surface area (Å²) in [5, 5.41) is 0. The lowest BCUT2D eigenvalue weighted by Gasteiger charge is -1.41. The molecule has 0 saturated carbocycles. The second-order valence-corrected chi connectivity index (χ2v) is 0.635. The average molecular weight is 120 g/mol. The third kappa shape index (κ3) is 1.84. The molecule has 0 saturated heterocycles. The van der Waals surface area contributed by atoms with E-state index in [2.05, 4.69) is 32.5 Å². The summed E-state index contributed by atoms with van der Waals surface area (Å²) >= 11 is 2.76. The van der Waals surface area contributed by atoms with Gasteiger partial charge >= 0.3 is 0 Å². The Morgan fingerprint density at radius 1 is 1.75 bits per heavy atom. The summed E-state index contributed by atoms with van der Waals surface area (Å²) in [5.74, 6) is 0. The van der Waals surface area contributed by atoms with Crippen molar-refractivity contribution in [3.8, 4) is 10.9 Å². The van der Waals surface area contributed by atoms with Crippen molar-refractivity contribution < 1.29 is 0 Å². The Bertz CT molecular complexity index is 42.8. The lowest BCUT2D eigenvalue weighted by molar-refractivity contribution is 1.75. The SMILES string of the molecule is NC#CBr. The van der Waals surface area contributed by atoms with Crippen LogP contribution in [0.4, 0.5) is 0 Å². The topological polar surface area (TPSA) is 26.0 Å². The molecule has 0 aliphatic carbocycles. The van der Waals surface area contributed by atoms with Crippen molar-refractivity contribution >= 4 is 15.9 Å². The van der Waals surface area contributed by atoms with Gasteiger partial charge < -0.3 is 5.73 Å². The van der Waals surface area contributed by atoms with Crippen LogP contribution in [0.25, 0.3) is 0 Å². The summed E-state index contributed by atoms with van der Waals surface area (Å²) < 4.78 is 0. The van der Waals surface area contributed by atoms with Gasteiger partial charge in [-0.25, -0.2) is 0 Å². The molecule has 2 heteroatoms. The van der Waals surface area contributed by atoms with E-state index >= 15 is 0 Å². The Balaban J connectivity index is 2.83. The molecule has 0 atom stereocenters. The monoisotopic (exact) mass is 119 g/mol. The first kappa shape index (κ1) is 3.84. The zero-order chi connectivity index (χ0) is 3.41. The maximum absolute atomic E-state index is 4.62. The Kier molecular flexibility index (Phi) is 2.73. The highest BCUT2D eigenvalue weighted by Crippen LogP contribution is 1.60. The van der Waals surface area contributed by atoms with E-state index in [1.807, 2.05) is 0 Å². The molecule has 0 bridgehead atoms. The van der Waals surface area contributed by atoms with Crippen molar-refractivity contribution in [1.29, 1.82) is 0 Å². The van der Waals surface area contributed by atoms with Crippen LogP contribution in [-0.4, -0.2) is 0 Å². The summed E-state index contributed by atoms with van der Waals surface area (Å²) in [5.41, 5.74) is 4.62. The molecule has 2 N–H and O–H groups in total. The second kappa shape index (κ2) is 2.84. The highest BCUT2D eigenvalue weighted by atomic mass is 79.9. The highest BCUT2D eigenvalue weighted by Gasteiger charge is 1.29. The maximum Gasteiger partial charge on any atom is 0.0142 e. The Hall–Kier alpha value is -0.160. The van der Waals surface area contributed by atoms with Gasteiger partial charge in [-0.15, -0.1) is 0 Å². The molecule has 0 fully saturated rings. The lowest BCUT2D eigenvalue weighted by Crippen LogP contribution is -1.71. The van der Waals surface area contributed by atoms with E-state index in [0.717, 1.165) is 0 Å². The fourth-order valence-electron chi connectivity index (χ4n) is 0. The van der Waals surface area contributed by atoms with Crippen LogP contribution in [0.5, 0.6) is 0 Å². The van der Waals surface area contributed by atoms with Crippen LogP contribution >= 0.6 is 15.9 Å². The molecule has 0 aromatic heterocycles. The zero-order valence-corrected chi connectivity index (χ0v) is 3.54. The van der Waals surface area contributed by atoms with Gasteiger partial charge in [-0.1, -0.05) is 0 Å². The van der Waals surface area contributed by atoms with E-state index in [0.29, 0.717) is 0 Å². The quantitative estimate of drug-likeness (QED) is 0.360. The minimum Gasteiger partial charge on any atom is -0.359 e. The van der Waals surface area contributed by atoms with Gasteiger partial charge in [0.25, 0.3) is 0 Å². The Morgan fingerprint density at radius 2 is 2.00 bits per heavy atom. The molecule has 0 aromatic rings. The molecule has 0 aliphatic rings. The van der Waals surface area contributed by atoms with E-state index in [1.165, 1.54) is 0 Å². The summed E-state index contributed by atoms with van der Waals surface area (Å²) in [7, 11) is 0. The highest BCUT2D eigenvalue weighted by molar-refractivity contribution is 9.12. The molecular formula is C2H2BrN. The Labute approximate surface area is 33.3 Å². The van der Waals surface area contributed by atoms with Gasteiger partial charge in [0.05, 0.1) is 0 Å². The van der Waals surface area contributed by atoms with Crippen molar-refractivity contribution in [2.45, 2.75) is 0 Å². The maximum atomic E-state index is 4.62. The first-order chi connectivity index (χ1) is 1.91. The van der Waals surface area contributed by atoms with Crippen molar-refractivity contribution in [2.75, 3.05) is 0 Å². The number of nitrogens with two attached hydrogens (primary N) is 1. The molecule has 1 nitrogen and oxygen atoms in total. The van der Waals surface area contributed by atoms with Crippen LogP contribution < -0.4 is 5.73 Å². The van der Waals surface area contributed by atoms with E-state index in [4.69, 9.17) is 0 Å². The number of halogens is 1. The van der Waals surface area contributed by atoms with Gasteiger partial charge in [-0.2, -0.15) is 0 Å². The fraction of sp³-hybridized carbons (Fsp3) is 0. The van der Waals surface area contributed by atoms with E-state index in [9.17, 15) is 0 Å². The first-order valence-electron chi connectivity index (χ1n) is 0.728. The number of hydrogen-bond acceptors (Lipinski definition) is 1. The van der Waals surface area contributed by atoms with Gasteiger partial charge in [-0.05, 0) is 4.83 Å². The van der Waals surface area contributed by atoms with Crippen molar-refractivity contribution in [2.24, 2.45) is 5.73 Å². The lowest BCUT2D eigenvalue weighted by atomic mass is 11.2. The van der Waals surface area contributed by atoms with E-state index in [1.54, 1.807) is 0 Å². The minimum absolute atomic E-state index is 2.10. The standard InChI is InChI=1S/C2H2BrN/c3-1-2-4/h4H2. The third-order valence-electron chi connectivity index (χ3n) is 0.0546. The molecule has 0 aromatic carbocycles. The number of hydrogen-bond donors (Lipinski definition) is 1. The van der Waals surface area contributed by atoms with Crippen molar-refractivity contribution in [1.82, 2.24) is 0 Å². The molecule has 0 heterocycles. The van der Waals surface area contributed by atoms with Gasteiger partial charge in [0.15, 0.2) is 0 Å². The molecule has 0 amide bonds. The van der Waals surface area contributed by atoms with Crippen LogP contribution in [0.15, 0.2) is 0 Å². The van der Waals surface area contributed by atoms with Crippen molar-refractivity contribution in [3.63, 3.8) is 0 Å². The van der Waals surface area contributed by atoms with E-state index in [-0.39, 0.29) is 0 Å². The van der Waals surface area contributed by atoms with Crippen LogP contribution in [-0.2, 0) is 0 Å². The zero-order valence-electron chi connectivity index (χ0n) is 1.96. The second-order valence-electron chi connectivity index (χ2n) is 0.239. The first-order valence-corrected chi connectivity index (χ1v) is 1.52. The summed E-state index contributed by atoms with van der Waals surface area (Å²) in [4.78, 5) is 2.27. The van der Waals surface area contributed by atoms with Crippen LogP contribution in [0.3, 0.4) is 0 Å². The van der Waals surface area contributed by atoms with E-state index < -0.39 is 0 Å². The molecule has 0 spiro atoms. The molecule has 0 radical (unpaired) electrons. The van der Waals surface area contributed by atoms with Crippen LogP contribution in [0.1, 0.15) is 0 Å². The summed E-state index contributed by atoms with van der Waals surface area (Å²) in [6, 6.07) is 2.10. The van der Waals surface area contributed by atoms with Crippen molar-refractivity contribution in [3.05, 3.63) is 0 Å². The third-order valence-corrected chi connectivity index (χ3v) is 0.283. The molecule has 0 aliphatic heterocycles. The fourth-order valence-corrected chi connectivity index (χ4v) is 0. The number of rotatable bonds is 0. The predicted molar refractivity (Wildman–Crippen MR) is 20.9 cm³/mol. The molecule has 22 valence electrons. The summed E-state index contributed by atoms with van der Waals surface area (Å²) in [6.45, 7) is 0.